The van der Waals surface area contributed by atoms with Crippen molar-refractivity contribution in [1.29, 1.82) is 0 Å². The molecule has 0 saturated heterocycles. The second-order valence-electron chi connectivity index (χ2n) is 10.6. The third kappa shape index (κ3) is 3.73. The van der Waals surface area contributed by atoms with E-state index in [2.05, 4.69) is 63.1 Å². The molecule has 4 aromatic carbocycles. The van der Waals surface area contributed by atoms with Crippen LogP contribution in [0.4, 0.5) is 0 Å². The number of pyridine rings is 2. The fourth-order valence-electron chi connectivity index (χ4n) is 6.02. The van der Waals surface area contributed by atoms with Gasteiger partial charge < -0.3 is 8.98 Å². The van der Waals surface area contributed by atoms with Crippen molar-refractivity contribution in [2.75, 3.05) is 0 Å². The third-order valence-electron chi connectivity index (χ3n) is 8.03. The molecular weight excluding hydrogens is 544 g/mol. The summed E-state index contributed by atoms with van der Waals surface area (Å²) in [5.74, 6) is 1.65. The van der Waals surface area contributed by atoms with E-state index >= 15 is 0 Å². The summed E-state index contributed by atoms with van der Waals surface area (Å²) >= 11 is 0. The monoisotopic (exact) mass is 566 g/mol. The van der Waals surface area contributed by atoms with E-state index in [4.69, 9.17) is 19.4 Å². The molecule has 0 unspecified atom stereocenters. The average molecular weight is 567 g/mol. The van der Waals surface area contributed by atoms with Crippen LogP contribution in [0.1, 0.15) is 0 Å². The first-order valence-corrected chi connectivity index (χ1v) is 14.3. The number of furan rings is 1. The smallest absolute Gasteiger partial charge is 0.169 e. The summed E-state index contributed by atoms with van der Waals surface area (Å²) < 4.78 is 9.00. The Morgan fingerprint density at radius 2 is 0.932 bits per heavy atom. The molecule has 0 N–H and O–H groups in total. The summed E-state index contributed by atoms with van der Waals surface area (Å²) in [5.41, 5.74) is 6.87. The van der Waals surface area contributed by atoms with Gasteiger partial charge >= 0.3 is 0 Å². The highest BCUT2D eigenvalue weighted by molar-refractivity contribution is 6.13. The van der Waals surface area contributed by atoms with Crippen LogP contribution in [0.15, 0.2) is 138 Å². The van der Waals surface area contributed by atoms with Crippen LogP contribution in [0.25, 0.3) is 83.6 Å². The normalized spacial score (nSPS) is 11.6. The van der Waals surface area contributed by atoms with E-state index in [1.54, 1.807) is 6.20 Å². The minimum atomic E-state index is 0.487. The van der Waals surface area contributed by atoms with Crippen LogP contribution in [-0.2, 0) is 0 Å². The lowest BCUT2D eigenvalue weighted by molar-refractivity contribution is 0.666. The van der Waals surface area contributed by atoms with E-state index in [9.17, 15) is 0 Å². The Morgan fingerprint density at radius 1 is 0.432 bits per heavy atom. The van der Waals surface area contributed by atoms with Gasteiger partial charge in [0.15, 0.2) is 23.1 Å². The maximum atomic E-state index is 6.78. The quantitative estimate of drug-likeness (QED) is 0.212. The van der Waals surface area contributed by atoms with Crippen molar-refractivity contribution < 1.29 is 4.42 Å². The summed E-state index contributed by atoms with van der Waals surface area (Å²) in [6.07, 6.45) is 7.28. The Labute approximate surface area is 251 Å². The van der Waals surface area contributed by atoms with Crippen molar-refractivity contribution in [1.82, 2.24) is 29.5 Å². The van der Waals surface area contributed by atoms with Crippen molar-refractivity contribution in [3.8, 4) is 39.9 Å². The molecule has 5 heterocycles. The highest BCUT2D eigenvalue weighted by Crippen LogP contribution is 2.39. The van der Waals surface area contributed by atoms with Crippen molar-refractivity contribution in [3.05, 3.63) is 134 Å². The molecule has 0 aliphatic heterocycles. The summed E-state index contributed by atoms with van der Waals surface area (Å²) in [6, 6.07) is 36.7. The first-order valence-electron chi connectivity index (χ1n) is 14.3. The van der Waals surface area contributed by atoms with Crippen LogP contribution < -0.4 is 0 Å². The number of benzene rings is 4. The lowest BCUT2D eigenvalue weighted by Crippen LogP contribution is -2.00. The van der Waals surface area contributed by atoms with Gasteiger partial charge in [-0.3, -0.25) is 9.97 Å². The Balaban J connectivity index is 1.32. The maximum absolute atomic E-state index is 6.78. The molecule has 5 aromatic heterocycles. The topological polar surface area (TPSA) is 82.5 Å². The predicted octanol–water partition coefficient (Wildman–Crippen LogP) is 8.66. The zero-order valence-electron chi connectivity index (χ0n) is 23.3. The molecule has 9 aromatic rings. The van der Waals surface area contributed by atoms with Gasteiger partial charge in [-0.25, -0.2) is 15.0 Å². The summed E-state index contributed by atoms with van der Waals surface area (Å²) in [6.45, 7) is 0. The number of para-hydroxylation sites is 2. The number of fused-ring (bicyclic) bond motifs is 6. The van der Waals surface area contributed by atoms with E-state index in [-0.39, 0.29) is 0 Å². The van der Waals surface area contributed by atoms with Gasteiger partial charge in [0.25, 0.3) is 0 Å². The second kappa shape index (κ2) is 9.68. The van der Waals surface area contributed by atoms with E-state index in [1.165, 1.54) is 10.8 Å². The third-order valence-corrected chi connectivity index (χ3v) is 8.03. The van der Waals surface area contributed by atoms with Gasteiger partial charge in [-0.2, -0.15) is 0 Å². The molecule has 0 fully saturated rings. The lowest BCUT2D eigenvalue weighted by Gasteiger charge is -2.08. The number of hydrogen-bond acceptors (Lipinski definition) is 6. The van der Waals surface area contributed by atoms with E-state index in [0.29, 0.717) is 28.6 Å². The van der Waals surface area contributed by atoms with Crippen LogP contribution in [0, 0.1) is 0 Å². The summed E-state index contributed by atoms with van der Waals surface area (Å²) in [4.78, 5) is 24.0. The zero-order valence-corrected chi connectivity index (χ0v) is 23.3. The van der Waals surface area contributed by atoms with Gasteiger partial charge in [0, 0.05) is 45.9 Å². The van der Waals surface area contributed by atoms with Gasteiger partial charge in [0.05, 0.1) is 28.2 Å². The maximum Gasteiger partial charge on any atom is 0.169 e. The Hall–Kier alpha value is -6.21. The van der Waals surface area contributed by atoms with Crippen LogP contribution in [0.2, 0.25) is 0 Å². The molecular formula is C37H22N6O. The van der Waals surface area contributed by atoms with Crippen molar-refractivity contribution in [3.63, 3.8) is 0 Å². The summed E-state index contributed by atoms with van der Waals surface area (Å²) in [5, 5.41) is 4.06. The largest absolute Gasteiger partial charge is 0.453 e. The number of aromatic nitrogens is 6. The molecule has 0 aliphatic carbocycles. The van der Waals surface area contributed by atoms with Gasteiger partial charge in [0.2, 0.25) is 0 Å². The van der Waals surface area contributed by atoms with E-state index in [1.807, 2.05) is 79.3 Å². The predicted molar refractivity (Wildman–Crippen MR) is 173 cm³/mol. The van der Waals surface area contributed by atoms with E-state index < -0.39 is 0 Å². The standard InChI is InChI=1S/C37H22N6O/c1-3-11-23(12-4-1)35-40-36(24-13-5-2-6-14-24)42-37(41-35)29-21-38-19-27-28-20-39-22-32(34(28)44-33(27)29)43-30-17-9-7-15-25(30)26-16-8-10-18-31(26)43/h1-22H. The first-order chi connectivity index (χ1) is 21.8. The molecule has 206 valence electrons. The van der Waals surface area contributed by atoms with Crippen molar-refractivity contribution in [2.24, 2.45) is 0 Å². The van der Waals surface area contributed by atoms with Gasteiger partial charge in [0.1, 0.15) is 11.3 Å². The van der Waals surface area contributed by atoms with Gasteiger partial charge in [-0.05, 0) is 12.1 Å². The highest BCUT2D eigenvalue weighted by Gasteiger charge is 2.21. The Morgan fingerprint density at radius 3 is 1.55 bits per heavy atom. The zero-order chi connectivity index (χ0) is 29.0. The fourth-order valence-corrected chi connectivity index (χ4v) is 6.02. The minimum absolute atomic E-state index is 0.487. The summed E-state index contributed by atoms with van der Waals surface area (Å²) in [7, 11) is 0. The molecule has 44 heavy (non-hydrogen) atoms. The number of nitrogens with zero attached hydrogens (tertiary/aromatic N) is 6. The fraction of sp³-hybridized carbons (Fsp3) is 0. The first kappa shape index (κ1) is 24.4. The van der Waals surface area contributed by atoms with Gasteiger partial charge in [-0.1, -0.05) is 97.1 Å². The van der Waals surface area contributed by atoms with Crippen LogP contribution in [0.5, 0.6) is 0 Å². The number of hydrogen-bond donors (Lipinski definition) is 0. The SMILES string of the molecule is c1ccc(-c2nc(-c3ccccc3)nc(-c3cncc4c3oc3c(-n5c6ccccc6c6ccccc65)cncc34)n2)cc1. The average Bonchev–Trinajstić information content (AvgIpc) is 3.65. The molecule has 9 rings (SSSR count). The molecule has 0 bridgehead atoms. The minimum Gasteiger partial charge on any atom is -0.453 e. The van der Waals surface area contributed by atoms with Crippen LogP contribution in [0.3, 0.4) is 0 Å². The molecule has 0 aliphatic rings. The van der Waals surface area contributed by atoms with Crippen molar-refractivity contribution >= 4 is 43.7 Å². The molecule has 0 spiro atoms. The lowest BCUT2D eigenvalue weighted by atomic mass is 10.1. The number of rotatable bonds is 4. The molecule has 7 heteroatoms. The Kier molecular flexibility index (Phi) is 5.36. The molecule has 0 radical (unpaired) electrons. The van der Waals surface area contributed by atoms with Gasteiger partial charge in [-0.15, -0.1) is 0 Å². The van der Waals surface area contributed by atoms with Crippen LogP contribution >= 0.6 is 0 Å². The Bertz CT molecular complexity index is 2390. The molecule has 0 amide bonds. The van der Waals surface area contributed by atoms with Crippen molar-refractivity contribution in [2.45, 2.75) is 0 Å². The molecule has 0 atom stereocenters. The van der Waals surface area contributed by atoms with Crippen LogP contribution in [-0.4, -0.2) is 29.5 Å². The molecule has 0 saturated carbocycles. The molecule has 7 nitrogen and oxygen atoms in total. The highest BCUT2D eigenvalue weighted by atomic mass is 16.3. The van der Waals surface area contributed by atoms with E-state index in [0.717, 1.165) is 44.2 Å². The second-order valence-corrected chi connectivity index (χ2v) is 10.6.